The summed E-state index contributed by atoms with van der Waals surface area (Å²) in [5.74, 6) is 0.312. The van der Waals surface area contributed by atoms with E-state index in [1.807, 2.05) is 6.92 Å². The summed E-state index contributed by atoms with van der Waals surface area (Å²) < 4.78 is 11.7. The molecule has 6 heteroatoms. The quantitative estimate of drug-likeness (QED) is 0.867. The molecule has 2 rings (SSSR count). The number of fused-ring (bicyclic) bond motifs is 1. The molecule has 0 aromatic heterocycles. The number of carboxylic acids is 1. The first kappa shape index (κ1) is 14.1. The van der Waals surface area contributed by atoms with E-state index in [0.29, 0.717) is 41.3 Å². The molecule has 5 nitrogen and oxygen atoms in total. The third-order valence-electron chi connectivity index (χ3n) is 2.80. The van der Waals surface area contributed by atoms with Crippen LogP contribution in [0.15, 0.2) is 16.6 Å². The first-order valence-electron chi connectivity index (χ1n) is 6.18. The molecular formula is C13H16BrNO4. The summed E-state index contributed by atoms with van der Waals surface area (Å²) in [5.41, 5.74) is 0.650. The van der Waals surface area contributed by atoms with E-state index in [9.17, 15) is 9.90 Å². The number of carboxylic acid groups (broad SMARTS) is 1. The van der Waals surface area contributed by atoms with E-state index < -0.39 is 12.0 Å². The fourth-order valence-electron chi connectivity index (χ4n) is 1.93. The topological polar surface area (TPSA) is 67.8 Å². The Hall–Kier alpha value is -1.27. The molecule has 1 aromatic carbocycles. The zero-order valence-electron chi connectivity index (χ0n) is 10.6. The van der Waals surface area contributed by atoms with Crippen LogP contribution in [0.4, 0.5) is 0 Å². The van der Waals surface area contributed by atoms with Crippen LogP contribution in [-0.4, -0.2) is 30.8 Å². The van der Waals surface area contributed by atoms with Crippen LogP contribution >= 0.6 is 15.9 Å². The highest BCUT2D eigenvalue weighted by Crippen LogP contribution is 2.39. The molecule has 1 aliphatic heterocycles. The molecule has 1 heterocycles. The molecule has 1 atom stereocenters. The number of benzene rings is 1. The summed E-state index contributed by atoms with van der Waals surface area (Å²) >= 11 is 3.39. The first-order chi connectivity index (χ1) is 9.13. The summed E-state index contributed by atoms with van der Waals surface area (Å²) in [6.07, 6.45) is 0.871. The zero-order chi connectivity index (χ0) is 13.8. The highest BCUT2D eigenvalue weighted by molar-refractivity contribution is 9.10. The lowest BCUT2D eigenvalue weighted by Gasteiger charge is -2.22. The standard InChI is InChI=1S/C13H16BrNO4/c1-2-3-15-11(13(16)17)8-6-9(14)12-10(7-8)18-4-5-19-12/h6-7,11,15H,2-5H2,1H3,(H,16,17). The Morgan fingerprint density at radius 1 is 1.47 bits per heavy atom. The van der Waals surface area contributed by atoms with Crippen molar-refractivity contribution < 1.29 is 19.4 Å². The van der Waals surface area contributed by atoms with Gasteiger partial charge in [0.05, 0.1) is 4.47 Å². The maximum Gasteiger partial charge on any atom is 0.325 e. The van der Waals surface area contributed by atoms with E-state index in [2.05, 4.69) is 21.2 Å². The number of ether oxygens (including phenoxy) is 2. The van der Waals surface area contributed by atoms with Crippen LogP contribution < -0.4 is 14.8 Å². The monoisotopic (exact) mass is 329 g/mol. The van der Waals surface area contributed by atoms with Gasteiger partial charge in [0.1, 0.15) is 19.3 Å². The summed E-state index contributed by atoms with van der Waals surface area (Å²) in [4.78, 5) is 11.3. The van der Waals surface area contributed by atoms with Crippen molar-refractivity contribution in [1.82, 2.24) is 5.32 Å². The average molecular weight is 330 g/mol. The van der Waals surface area contributed by atoms with Gasteiger partial charge >= 0.3 is 5.97 Å². The Labute approximate surface area is 120 Å². The molecule has 0 fully saturated rings. The van der Waals surface area contributed by atoms with E-state index in [0.717, 1.165) is 6.42 Å². The molecule has 0 radical (unpaired) electrons. The molecule has 1 aromatic rings. The predicted molar refractivity (Wildman–Crippen MR) is 73.8 cm³/mol. The van der Waals surface area contributed by atoms with Crippen molar-refractivity contribution in [1.29, 1.82) is 0 Å². The van der Waals surface area contributed by atoms with Crippen molar-refractivity contribution >= 4 is 21.9 Å². The minimum absolute atomic E-state index is 0.475. The fraction of sp³-hybridized carbons (Fsp3) is 0.462. The second kappa shape index (κ2) is 6.25. The number of hydrogen-bond donors (Lipinski definition) is 2. The van der Waals surface area contributed by atoms with Crippen LogP contribution in [0, 0.1) is 0 Å². The van der Waals surface area contributed by atoms with Gasteiger partial charge in [-0.3, -0.25) is 4.79 Å². The van der Waals surface area contributed by atoms with Gasteiger partial charge in [0.25, 0.3) is 0 Å². The van der Waals surface area contributed by atoms with E-state index in [4.69, 9.17) is 9.47 Å². The highest BCUT2D eigenvalue weighted by Gasteiger charge is 2.24. The van der Waals surface area contributed by atoms with Gasteiger partial charge in [-0.05, 0) is 46.6 Å². The van der Waals surface area contributed by atoms with E-state index >= 15 is 0 Å². The lowest BCUT2D eigenvalue weighted by molar-refractivity contribution is -0.139. The smallest absolute Gasteiger partial charge is 0.325 e. The van der Waals surface area contributed by atoms with Gasteiger partial charge in [-0.1, -0.05) is 6.92 Å². The second-order valence-corrected chi connectivity index (χ2v) is 5.11. The van der Waals surface area contributed by atoms with Crippen LogP contribution in [0.25, 0.3) is 0 Å². The Morgan fingerprint density at radius 3 is 2.89 bits per heavy atom. The fourth-order valence-corrected chi connectivity index (χ4v) is 2.51. The number of hydrogen-bond acceptors (Lipinski definition) is 4. The minimum Gasteiger partial charge on any atom is -0.486 e. The molecule has 0 aliphatic carbocycles. The molecule has 0 saturated carbocycles. The third-order valence-corrected chi connectivity index (χ3v) is 3.39. The molecule has 19 heavy (non-hydrogen) atoms. The third kappa shape index (κ3) is 3.19. The van der Waals surface area contributed by atoms with Gasteiger partial charge in [-0.2, -0.15) is 0 Å². The van der Waals surface area contributed by atoms with Gasteiger partial charge in [-0.15, -0.1) is 0 Å². The SMILES string of the molecule is CCCNC(C(=O)O)c1cc(Br)c2c(c1)OCCO2. The van der Waals surface area contributed by atoms with Crippen molar-refractivity contribution in [2.45, 2.75) is 19.4 Å². The van der Waals surface area contributed by atoms with E-state index in [1.165, 1.54) is 0 Å². The first-order valence-corrected chi connectivity index (χ1v) is 6.98. The van der Waals surface area contributed by atoms with Crippen LogP contribution in [0.1, 0.15) is 24.9 Å². The normalized spacial score (nSPS) is 15.1. The van der Waals surface area contributed by atoms with Gasteiger partial charge in [0, 0.05) is 0 Å². The number of aliphatic carboxylic acids is 1. The Bertz CT molecular complexity index is 478. The minimum atomic E-state index is -0.906. The van der Waals surface area contributed by atoms with Gasteiger partial charge in [0.2, 0.25) is 0 Å². The molecule has 0 spiro atoms. The molecule has 1 unspecified atom stereocenters. The molecule has 0 saturated heterocycles. The van der Waals surface area contributed by atoms with Crippen LogP contribution in [0.5, 0.6) is 11.5 Å². The van der Waals surface area contributed by atoms with Gasteiger partial charge in [0.15, 0.2) is 11.5 Å². The Kier molecular flexibility index (Phi) is 4.66. The molecular weight excluding hydrogens is 314 g/mol. The van der Waals surface area contributed by atoms with Crippen molar-refractivity contribution in [3.63, 3.8) is 0 Å². The summed E-state index contributed by atoms with van der Waals surface area (Å²) in [5, 5.41) is 12.3. The molecule has 0 amide bonds. The van der Waals surface area contributed by atoms with Crippen molar-refractivity contribution in [3.8, 4) is 11.5 Å². The number of carbonyl (C=O) groups is 1. The lowest BCUT2D eigenvalue weighted by Crippen LogP contribution is -2.29. The van der Waals surface area contributed by atoms with Crippen LogP contribution in [-0.2, 0) is 4.79 Å². The average Bonchev–Trinajstić information content (AvgIpc) is 2.39. The van der Waals surface area contributed by atoms with Crippen molar-refractivity contribution in [2.24, 2.45) is 0 Å². The molecule has 0 bridgehead atoms. The summed E-state index contributed by atoms with van der Waals surface area (Å²) in [6.45, 7) is 3.61. The number of halogens is 1. The largest absolute Gasteiger partial charge is 0.486 e. The summed E-state index contributed by atoms with van der Waals surface area (Å²) in [6, 6.07) is 2.74. The second-order valence-electron chi connectivity index (χ2n) is 4.25. The van der Waals surface area contributed by atoms with Crippen LogP contribution in [0.2, 0.25) is 0 Å². The molecule has 1 aliphatic rings. The predicted octanol–water partition coefficient (Wildman–Crippen LogP) is 2.35. The lowest BCUT2D eigenvalue weighted by atomic mass is 10.1. The Balaban J connectivity index is 2.32. The van der Waals surface area contributed by atoms with E-state index in [-0.39, 0.29) is 0 Å². The van der Waals surface area contributed by atoms with Crippen LogP contribution in [0.3, 0.4) is 0 Å². The number of rotatable bonds is 5. The van der Waals surface area contributed by atoms with Gasteiger partial charge in [-0.25, -0.2) is 0 Å². The highest BCUT2D eigenvalue weighted by atomic mass is 79.9. The summed E-state index contributed by atoms with van der Waals surface area (Å²) in [7, 11) is 0. The van der Waals surface area contributed by atoms with Gasteiger partial charge < -0.3 is 19.9 Å². The van der Waals surface area contributed by atoms with Crippen molar-refractivity contribution in [3.05, 3.63) is 22.2 Å². The van der Waals surface area contributed by atoms with E-state index in [1.54, 1.807) is 12.1 Å². The molecule has 2 N–H and O–H groups in total. The number of nitrogens with one attached hydrogen (secondary N) is 1. The Morgan fingerprint density at radius 2 is 2.21 bits per heavy atom. The molecule has 104 valence electrons. The zero-order valence-corrected chi connectivity index (χ0v) is 12.2. The van der Waals surface area contributed by atoms with Crippen molar-refractivity contribution in [2.75, 3.05) is 19.8 Å². The maximum atomic E-state index is 11.3. The maximum absolute atomic E-state index is 11.3.